The van der Waals surface area contributed by atoms with Gasteiger partial charge in [0.15, 0.2) is 0 Å². The normalized spacial score (nSPS) is 12.8. The number of benzene rings is 1. The van der Waals surface area contributed by atoms with Crippen LogP contribution in [0.1, 0.15) is 32.6 Å². The summed E-state index contributed by atoms with van der Waals surface area (Å²) in [5.74, 6) is 2.63. The number of nitrogens with zero attached hydrogens (tertiary/aromatic N) is 2. The molecule has 1 heterocycles. The number of aromatic hydroxyl groups is 1. The first-order valence-electron chi connectivity index (χ1n) is 7.42. The first-order valence-corrected chi connectivity index (χ1v) is 7.42. The summed E-state index contributed by atoms with van der Waals surface area (Å²) in [7, 11) is 0. The summed E-state index contributed by atoms with van der Waals surface area (Å²) in [6.07, 6.45) is 2.80. The highest BCUT2D eigenvalue weighted by atomic mass is 16.5. The minimum atomic E-state index is 0.226. The molecule has 2 aromatic rings. The first kappa shape index (κ1) is 15.5. The monoisotopic (exact) mass is 289 g/mol. The Bertz CT molecular complexity index is 549. The smallest absolute Gasteiger partial charge is 0.226 e. The highest BCUT2D eigenvalue weighted by molar-refractivity contribution is 5.55. The molecular weight excluding hydrogens is 266 g/mol. The Morgan fingerprint density at radius 3 is 2.52 bits per heavy atom. The van der Waals surface area contributed by atoms with Gasteiger partial charge in [0.2, 0.25) is 11.7 Å². The predicted octanol–water partition coefficient (Wildman–Crippen LogP) is 3.00. The molecule has 0 amide bonds. The van der Waals surface area contributed by atoms with E-state index in [9.17, 15) is 5.11 Å². The van der Waals surface area contributed by atoms with Crippen LogP contribution in [0.5, 0.6) is 5.75 Å². The first-order chi connectivity index (χ1) is 10.1. The van der Waals surface area contributed by atoms with E-state index in [-0.39, 0.29) is 5.75 Å². The summed E-state index contributed by atoms with van der Waals surface area (Å²) in [5, 5.41) is 13.3. The largest absolute Gasteiger partial charge is 0.508 e. The summed E-state index contributed by atoms with van der Waals surface area (Å²) in [6, 6.07) is 6.77. The standard InChI is InChI=1S/C16H23N3O2/c1-11(2)12(9-10-17)5-8-15-18-16(19-21-15)13-3-6-14(20)7-4-13/h3-4,6-7,11-12,20H,5,8-10,17H2,1-2H3. The van der Waals surface area contributed by atoms with Crippen molar-refractivity contribution in [3.8, 4) is 17.1 Å². The molecule has 0 bridgehead atoms. The number of phenolic OH excluding ortho intramolecular Hbond substituents is 1. The fourth-order valence-electron chi connectivity index (χ4n) is 2.42. The van der Waals surface area contributed by atoms with Crippen molar-refractivity contribution in [1.82, 2.24) is 10.1 Å². The van der Waals surface area contributed by atoms with Gasteiger partial charge in [-0.2, -0.15) is 4.98 Å². The van der Waals surface area contributed by atoms with Crippen LogP contribution in [-0.4, -0.2) is 21.8 Å². The van der Waals surface area contributed by atoms with E-state index >= 15 is 0 Å². The zero-order valence-electron chi connectivity index (χ0n) is 12.6. The van der Waals surface area contributed by atoms with Gasteiger partial charge < -0.3 is 15.4 Å². The fraction of sp³-hybridized carbons (Fsp3) is 0.500. The lowest BCUT2D eigenvalue weighted by Crippen LogP contribution is -2.15. The van der Waals surface area contributed by atoms with Gasteiger partial charge in [-0.15, -0.1) is 0 Å². The molecule has 0 radical (unpaired) electrons. The van der Waals surface area contributed by atoms with Gasteiger partial charge in [-0.05, 0) is 55.5 Å². The summed E-state index contributed by atoms with van der Waals surface area (Å²) >= 11 is 0. The van der Waals surface area contributed by atoms with Gasteiger partial charge in [0.1, 0.15) is 5.75 Å². The summed E-state index contributed by atoms with van der Waals surface area (Å²) in [4.78, 5) is 4.41. The van der Waals surface area contributed by atoms with Crippen LogP contribution in [-0.2, 0) is 6.42 Å². The van der Waals surface area contributed by atoms with Crippen molar-refractivity contribution in [2.75, 3.05) is 6.54 Å². The van der Waals surface area contributed by atoms with Gasteiger partial charge >= 0.3 is 0 Å². The Kier molecular flexibility index (Phi) is 5.33. The molecule has 0 aliphatic rings. The van der Waals surface area contributed by atoms with E-state index in [0.29, 0.717) is 30.1 Å². The van der Waals surface area contributed by atoms with Crippen LogP contribution in [0, 0.1) is 11.8 Å². The number of hydrogen-bond donors (Lipinski definition) is 2. The maximum Gasteiger partial charge on any atom is 0.226 e. The third-order valence-corrected chi connectivity index (χ3v) is 3.80. The van der Waals surface area contributed by atoms with E-state index < -0.39 is 0 Å². The maximum absolute atomic E-state index is 9.28. The lowest BCUT2D eigenvalue weighted by Gasteiger charge is -2.18. The SMILES string of the molecule is CC(C)C(CCN)CCc1nc(-c2ccc(O)cc2)no1. The van der Waals surface area contributed by atoms with Crippen molar-refractivity contribution in [1.29, 1.82) is 0 Å². The molecule has 0 aliphatic heterocycles. The van der Waals surface area contributed by atoms with Gasteiger partial charge in [0.05, 0.1) is 0 Å². The van der Waals surface area contributed by atoms with E-state index in [2.05, 4.69) is 24.0 Å². The Morgan fingerprint density at radius 2 is 1.90 bits per heavy atom. The lowest BCUT2D eigenvalue weighted by atomic mass is 9.88. The number of hydrogen-bond acceptors (Lipinski definition) is 5. The van der Waals surface area contributed by atoms with Crippen LogP contribution in [0.2, 0.25) is 0 Å². The Hall–Kier alpha value is -1.88. The molecule has 1 atom stereocenters. The van der Waals surface area contributed by atoms with E-state index in [1.54, 1.807) is 24.3 Å². The van der Waals surface area contributed by atoms with Gasteiger partial charge in [0.25, 0.3) is 0 Å². The van der Waals surface area contributed by atoms with Crippen molar-refractivity contribution in [3.05, 3.63) is 30.2 Å². The van der Waals surface area contributed by atoms with E-state index in [0.717, 1.165) is 24.8 Å². The molecule has 0 aliphatic carbocycles. The highest BCUT2D eigenvalue weighted by Crippen LogP contribution is 2.22. The second-order valence-corrected chi connectivity index (χ2v) is 5.68. The fourth-order valence-corrected chi connectivity index (χ4v) is 2.42. The molecule has 114 valence electrons. The molecule has 5 heteroatoms. The van der Waals surface area contributed by atoms with Crippen molar-refractivity contribution >= 4 is 0 Å². The van der Waals surface area contributed by atoms with Gasteiger partial charge in [-0.3, -0.25) is 0 Å². The third kappa shape index (κ3) is 4.29. The zero-order valence-corrected chi connectivity index (χ0v) is 12.6. The summed E-state index contributed by atoms with van der Waals surface area (Å²) in [5.41, 5.74) is 6.49. The average Bonchev–Trinajstić information content (AvgIpc) is 2.92. The van der Waals surface area contributed by atoms with Gasteiger partial charge in [-0.25, -0.2) is 0 Å². The Labute approximate surface area is 125 Å². The molecule has 1 aromatic heterocycles. The molecular formula is C16H23N3O2. The molecule has 1 unspecified atom stereocenters. The minimum Gasteiger partial charge on any atom is -0.508 e. The highest BCUT2D eigenvalue weighted by Gasteiger charge is 2.15. The van der Waals surface area contributed by atoms with Crippen LogP contribution in [0.15, 0.2) is 28.8 Å². The molecule has 0 saturated heterocycles. The van der Waals surface area contributed by atoms with Gasteiger partial charge in [-0.1, -0.05) is 19.0 Å². The summed E-state index contributed by atoms with van der Waals surface area (Å²) in [6.45, 7) is 5.15. The van der Waals surface area contributed by atoms with E-state index in [4.69, 9.17) is 10.3 Å². The summed E-state index contributed by atoms with van der Waals surface area (Å²) < 4.78 is 5.30. The van der Waals surface area contributed by atoms with E-state index in [1.165, 1.54) is 0 Å². The van der Waals surface area contributed by atoms with Crippen molar-refractivity contribution in [3.63, 3.8) is 0 Å². The van der Waals surface area contributed by atoms with Crippen LogP contribution >= 0.6 is 0 Å². The van der Waals surface area contributed by atoms with Crippen molar-refractivity contribution in [2.45, 2.75) is 33.1 Å². The van der Waals surface area contributed by atoms with Crippen molar-refractivity contribution < 1.29 is 9.63 Å². The van der Waals surface area contributed by atoms with E-state index in [1.807, 2.05) is 0 Å². The van der Waals surface area contributed by atoms with Crippen LogP contribution in [0.4, 0.5) is 0 Å². The number of phenols is 1. The number of aromatic nitrogens is 2. The topological polar surface area (TPSA) is 85.2 Å². The van der Waals surface area contributed by atoms with Gasteiger partial charge in [0, 0.05) is 12.0 Å². The molecule has 0 saturated carbocycles. The number of nitrogens with two attached hydrogens (primary N) is 1. The Balaban J connectivity index is 1.98. The predicted molar refractivity (Wildman–Crippen MR) is 81.7 cm³/mol. The third-order valence-electron chi connectivity index (χ3n) is 3.80. The number of rotatable bonds is 7. The number of aryl methyl sites for hydroxylation is 1. The lowest BCUT2D eigenvalue weighted by molar-refractivity contribution is 0.313. The molecule has 21 heavy (non-hydrogen) atoms. The molecule has 2 rings (SSSR count). The maximum atomic E-state index is 9.28. The van der Waals surface area contributed by atoms with Crippen molar-refractivity contribution in [2.24, 2.45) is 17.6 Å². The quantitative estimate of drug-likeness (QED) is 0.818. The average molecular weight is 289 g/mol. The zero-order chi connectivity index (χ0) is 15.2. The molecule has 1 aromatic carbocycles. The minimum absolute atomic E-state index is 0.226. The molecule has 3 N–H and O–H groups in total. The van der Waals surface area contributed by atoms with Crippen LogP contribution in [0.25, 0.3) is 11.4 Å². The van der Waals surface area contributed by atoms with Crippen LogP contribution < -0.4 is 5.73 Å². The second-order valence-electron chi connectivity index (χ2n) is 5.68. The molecule has 5 nitrogen and oxygen atoms in total. The second kappa shape index (κ2) is 7.22. The molecule has 0 fully saturated rings. The Morgan fingerprint density at radius 1 is 1.19 bits per heavy atom. The molecule has 0 spiro atoms. The van der Waals surface area contributed by atoms with Crippen LogP contribution in [0.3, 0.4) is 0 Å².